The number of benzene rings is 2. The Balaban J connectivity index is 1.54. The smallest absolute Gasteiger partial charge is 0.290 e. The standard InChI is InChI=1S/C26H30N4O4S/c1-26(2,3)30-25(32)22(23(35(30,33)34)19-7-5-4-6-8-19)28-21-13-15-29(16-14-21)24(31)20-11-9-18(17-27)10-12-20/h4-12,21,28,33-34H,13-16H2,1-3H3. The molecule has 0 radical (unpaired) electrons. The molecule has 2 aliphatic heterocycles. The SMILES string of the molecule is CC(C)(C)N1C(=O)C(NC2CCN(C(=O)c3ccc(C#N)cc3)CC2)=C(c2ccccc2)S1(O)O. The lowest BCUT2D eigenvalue weighted by atomic mass is 10.0. The second-order valence-corrected chi connectivity index (χ2v) is 11.6. The summed E-state index contributed by atoms with van der Waals surface area (Å²) in [6, 6.07) is 17.5. The summed E-state index contributed by atoms with van der Waals surface area (Å²) in [5.41, 5.74) is 1.04. The van der Waals surface area contributed by atoms with Gasteiger partial charge in [-0.05, 0) is 57.9 Å². The van der Waals surface area contributed by atoms with Crippen molar-refractivity contribution in [1.82, 2.24) is 14.5 Å². The van der Waals surface area contributed by atoms with Crippen molar-refractivity contribution in [2.45, 2.75) is 45.2 Å². The molecule has 0 aromatic heterocycles. The number of hydrogen-bond donors (Lipinski definition) is 3. The number of hydrogen-bond acceptors (Lipinski definition) is 6. The van der Waals surface area contributed by atoms with Crippen LogP contribution in [0.5, 0.6) is 0 Å². The van der Waals surface area contributed by atoms with E-state index in [1.54, 1.807) is 74.2 Å². The first-order chi connectivity index (χ1) is 16.5. The van der Waals surface area contributed by atoms with Crippen LogP contribution < -0.4 is 5.32 Å². The lowest BCUT2D eigenvalue weighted by Crippen LogP contribution is -2.48. The monoisotopic (exact) mass is 494 g/mol. The second kappa shape index (κ2) is 9.38. The molecule has 8 nitrogen and oxygen atoms in total. The molecule has 1 fully saturated rings. The van der Waals surface area contributed by atoms with Crippen LogP contribution in [0.25, 0.3) is 4.91 Å². The molecule has 9 heteroatoms. The van der Waals surface area contributed by atoms with Crippen LogP contribution >= 0.6 is 10.8 Å². The van der Waals surface area contributed by atoms with Gasteiger partial charge in [0.2, 0.25) is 0 Å². The number of nitrogens with zero attached hydrogens (tertiary/aromatic N) is 3. The van der Waals surface area contributed by atoms with Gasteiger partial charge in [-0.15, -0.1) is 0 Å². The third-order valence-corrected chi connectivity index (χ3v) is 8.40. The number of likely N-dealkylation sites (tertiary alicyclic amines) is 1. The summed E-state index contributed by atoms with van der Waals surface area (Å²) in [5, 5.41) is 12.3. The highest BCUT2D eigenvalue weighted by Crippen LogP contribution is 2.64. The van der Waals surface area contributed by atoms with Crippen LogP contribution in [0.2, 0.25) is 0 Å². The van der Waals surface area contributed by atoms with Gasteiger partial charge in [-0.3, -0.25) is 18.7 Å². The molecule has 2 amide bonds. The van der Waals surface area contributed by atoms with Gasteiger partial charge < -0.3 is 10.2 Å². The predicted octanol–water partition coefficient (Wildman–Crippen LogP) is 4.43. The Morgan fingerprint density at radius 3 is 2.20 bits per heavy atom. The molecule has 0 aliphatic carbocycles. The summed E-state index contributed by atoms with van der Waals surface area (Å²) in [5.74, 6) is -0.533. The molecule has 1 saturated heterocycles. The zero-order valence-electron chi connectivity index (χ0n) is 20.1. The highest BCUT2D eigenvalue weighted by Gasteiger charge is 2.50. The van der Waals surface area contributed by atoms with E-state index in [-0.39, 0.29) is 22.6 Å². The summed E-state index contributed by atoms with van der Waals surface area (Å²) < 4.78 is 23.6. The minimum Gasteiger partial charge on any atom is -0.376 e. The Kier molecular flexibility index (Phi) is 6.64. The minimum absolute atomic E-state index is 0.0952. The van der Waals surface area contributed by atoms with Crippen LogP contribution in [-0.4, -0.2) is 54.8 Å². The fraction of sp³-hybridized carbons (Fsp3) is 0.346. The van der Waals surface area contributed by atoms with E-state index in [9.17, 15) is 18.7 Å². The summed E-state index contributed by atoms with van der Waals surface area (Å²) in [4.78, 5) is 28.3. The predicted molar refractivity (Wildman–Crippen MR) is 136 cm³/mol. The number of nitriles is 1. The van der Waals surface area contributed by atoms with Crippen LogP contribution in [-0.2, 0) is 4.79 Å². The molecule has 2 heterocycles. The van der Waals surface area contributed by atoms with Gasteiger partial charge in [0.05, 0.1) is 17.2 Å². The largest absolute Gasteiger partial charge is 0.376 e. The van der Waals surface area contributed by atoms with Crippen molar-refractivity contribution in [2.75, 3.05) is 13.1 Å². The van der Waals surface area contributed by atoms with Gasteiger partial charge in [-0.25, -0.2) is 4.31 Å². The fourth-order valence-corrected chi connectivity index (χ4v) is 6.69. The molecule has 0 atom stereocenters. The normalized spacial score (nSPS) is 19.5. The van der Waals surface area contributed by atoms with Crippen LogP contribution in [0.4, 0.5) is 0 Å². The molecule has 0 bridgehead atoms. The van der Waals surface area contributed by atoms with Gasteiger partial charge >= 0.3 is 0 Å². The lowest BCUT2D eigenvalue weighted by Gasteiger charge is -2.45. The van der Waals surface area contributed by atoms with Crippen LogP contribution in [0.15, 0.2) is 60.3 Å². The maximum Gasteiger partial charge on any atom is 0.290 e. The summed E-state index contributed by atoms with van der Waals surface area (Å²) >= 11 is 0. The molecule has 0 unspecified atom stereocenters. The van der Waals surface area contributed by atoms with Gasteiger partial charge in [-0.2, -0.15) is 5.26 Å². The number of nitrogens with one attached hydrogen (secondary N) is 1. The molecular weight excluding hydrogens is 464 g/mol. The number of piperidine rings is 1. The third-order valence-electron chi connectivity index (χ3n) is 6.19. The Morgan fingerprint density at radius 2 is 1.66 bits per heavy atom. The van der Waals surface area contributed by atoms with Gasteiger partial charge in [0.25, 0.3) is 11.8 Å². The zero-order chi connectivity index (χ0) is 25.4. The molecule has 184 valence electrons. The Bertz CT molecular complexity index is 1190. The van der Waals surface area contributed by atoms with Gasteiger partial charge in [0.1, 0.15) is 10.6 Å². The molecular formula is C26H30N4O4S. The topological polar surface area (TPSA) is 117 Å². The molecule has 2 aromatic rings. The van der Waals surface area contributed by atoms with E-state index in [2.05, 4.69) is 5.32 Å². The second-order valence-electron chi connectivity index (χ2n) is 9.76. The van der Waals surface area contributed by atoms with Crippen molar-refractivity contribution in [3.63, 3.8) is 0 Å². The third kappa shape index (κ3) is 4.78. The van der Waals surface area contributed by atoms with E-state index in [4.69, 9.17) is 5.26 Å². The number of carbonyl (C=O) groups is 2. The average molecular weight is 495 g/mol. The van der Waals surface area contributed by atoms with Crippen molar-refractivity contribution >= 4 is 27.5 Å². The van der Waals surface area contributed by atoms with E-state index in [1.807, 2.05) is 12.1 Å². The molecule has 2 aliphatic rings. The quantitative estimate of drug-likeness (QED) is 0.579. The first-order valence-electron chi connectivity index (χ1n) is 11.5. The summed E-state index contributed by atoms with van der Waals surface area (Å²) in [6.45, 7) is 6.32. The molecule has 0 saturated carbocycles. The molecule has 35 heavy (non-hydrogen) atoms. The van der Waals surface area contributed by atoms with Crippen molar-refractivity contribution in [3.8, 4) is 6.07 Å². The number of rotatable bonds is 4. The van der Waals surface area contributed by atoms with Gasteiger partial charge in [-0.1, -0.05) is 41.1 Å². The summed E-state index contributed by atoms with van der Waals surface area (Å²) in [7, 11) is -3.54. The first kappa shape index (κ1) is 24.8. The minimum atomic E-state index is -3.54. The summed E-state index contributed by atoms with van der Waals surface area (Å²) in [6.07, 6.45) is 1.21. The Morgan fingerprint density at radius 1 is 1.06 bits per heavy atom. The highest BCUT2D eigenvalue weighted by atomic mass is 32.3. The van der Waals surface area contributed by atoms with Gasteiger partial charge in [0.15, 0.2) is 0 Å². The molecule has 2 aromatic carbocycles. The van der Waals surface area contributed by atoms with Crippen molar-refractivity contribution < 1.29 is 18.7 Å². The zero-order valence-corrected chi connectivity index (χ0v) is 20.9. The van der Waals surface area contributed by atoms with E-state index >= 15 is 0 Å². The van der Waals surface area contributed by atoms with Gasteiger partial charge in [0, 0.05) is 30.3 Å². The highest BCUT2D eigenvalue weighted by molar-refractivity contribution is 8.31. The first-order valence-corrected chi connectivity index (χ1v) is 13.0. The van der Waals surface area contributed by atoms with E-state index in [0.29, 0.717) is 42.6 Å². The van der Waals surface area contributed by atoms with E-state index in [0.717, 1.165) is 0 Å². The molecule has 0 spiro atoms. The number of carbonyl (C=O) groups excluding carboxylic acids is 2. The van der Waals surface area contributed by atoms with Crippen LogP contribution in [0.3, 0.4) is 0 Å². The maximum atomic E-state index is 13.5. The average Bonchev–Trinajstić information content (AvgIpc) is 3.03. The Labute approximate surface area is 207 Å². The molecule has 3 N–H and O–H groups in total. The maximum absolute atomic E-state index is 13.5. The van der Waals surface area contributed by atoms with Crippen molar-refractivity contribution in [2.24, 2.45) is 0 Å². The van der Waals surface area contributed by atoms with Crippen molar-refractivity contribution in [3.05, 3.63) is 77.0 Å². The number of amides is 2. The lowest BCUT2D eigenvalue weighted by molar-refractivity contribution is -0.125. The van der Waals surface area contributed by atoms with Crippen molar-refractivity contribution in [1.29, 1.82) is 5.26 Å². The van der Waals surface area contributed by atoms with Crippen LogP contribution in [0.1, 0.15) is 55.1 Å². The van der Waals surface area contributed by atoms with Crippen LogP contribution in [0, 0.1) is 11.3 Å². The Hall–Kier alpha value is -3.32. The van der Waals surface area contributed by atoms with E-state index in [1.165, 1.54) is 4.31 Å². The fourth-order valence-electron chi connectivity index (χ4n) is 4.55. The van der Waals surface area contributed by atoms with E-state index < -0.39 is 22.2 Å². The molecule has 4 rings (SSSR count).